The topological polar surface area (TPSA) is 42.7 Å². The van der Waals surface area contributed by atoms with Crippen molar-refractivity contribution in [2.24, 2.45) is 7.05 Å². The summed E-state index contributed by atoms with van der Waals surface area (Å²) in [5, 5.41) is 12.2. The van der Waals surface area contributed by atoms with Gasteiger partial charge in [-0.25, -0.2) is 0 Å². The number of nitrogens with zero attached hydrogens (tertiary/aromatic N) is 3. The van der Waals surface area contributed by atoms with Gasteiger partial charge >= 0.3 is 0 Å². The first-order chi connectivity index (χ1) is 8.31. The van der Waals surface area contributed by atoms with Gasteiger partial charge in [-0.15, -0.1) is 10.2 Å². The van der Waals surface area contributed by atoms with Crippen molar-refractivity contribution in [1.29, 1.82) is 0 Å². The molecule has 0 amide bonds. The predicted molar refractivity (Wildman–Crippen MR) is 68.9 cm³/mol. The molecule has 0 saturated heterocycles. The van der Waals surface area contributed by atoms with Crippen molar-refractivity contribution < 1.29 is 0 Å². The zero-order valence-corrected chi connectivity index (χ0v) is 10.9. The molecule has 0 radical (unpaired) electrons. The van der Waals surface area contributed by atoms with E-state index in [9.17, 15) is 0 Å². The van der Waals surface area contributed by atoms with Crippen LogP contribution >= 0.6 is 11.8 Å². The number of aryl methyl sites for hydroxylation is 1. The van der Waals surface area contributed by atoms with Gasteiger partial charge in [0.1, 0.15) is 6.33 Å². The standard InChI is InChI=1S/C12H16N4S/c1-3-13-8-10-6-4-5-7-11(10)17-12-15-14-9-16(12)2/h4-7,9,13H,3,8H2,1-2H3. The summed E-state index contributed by atoms with van der Waals surface area (Å²) in [6, 6.07) is 8.37. The minimum Gasteiger partial charge on any atom is -0.313 e. The highest BCUT2D eigenvalue weighted by Crippen LogP contribution is 2.28. The first-order valence-electron chi connectivity index (χ1n) is 5.61. The molecule has 90 valence electrons. The van der Waals surface area contributed by atoms with Crippen molar-refractivity contribution in [2.75, 3.05) is 6.54 Å². The summed E-state index contributed by atoms with van der Waals surface area (Å²) in [6.07, 6.45) is 1.72. The molecular formula is C12H16N4S. The van der Waals surface area contributed by atoms with Gasteiger partial charge < -0.3 is 9.88 Å². The van der Waals surface area contributed by atoms with E-state index in [1.165, 1.54) is 10.5 Å². The zero-order chi connectivity index (χ0) is 12.1. The van der Waals surface area contributed by atoms with Gasteiger partial charge in [-0.1, -0.05) is 25.1 Å². The van der Waals surface area contributed by atoms with Crippen LogP contribution in [0.5, 0.6) is 0 Å². The van der Waals surface area contributed by atoms with Crippen LogP contribution in [0.4, 0.5) is 0 Å². The molecule has 0 bridgehead atoms. The van der Waals surface area contributed by atoms with Gasteiger partial charge in [0.25, 0.3) is 0 Å². The molecule has 0 aliphatic heterocycles. The third kappa shape index (κ3) is 3.08. The highest BCUT2D eigenvalue weighted by atomic mass is 32.2. The molecule has 0 unspecified atom stereocenters. The number of nitrogens with one attached hydrogen (secondary N) is 1. The second kappa shape index (κ2) is 5.84. The van der Waals surface area contributed by atoms with Crippen LogP contribution in [-0.4, -0.2) is 21.3 Å². The summed E-state index contributed by atoms with van der Waals surface area (Å²) in [6.45, 7) is 3.97. The Labute approximate surface area is 105 Å². The van der Waals surface area contributed by atoms with Crippen LogP contribution in [0.15, 0.2) is 40.6 Å². The normalized spacial score (nSPS) is 10.7. The lowest BCUT2D eigenvalue weighted by Gasteiger charge is -2.08. The summed E-state index contributed by atoms with van der Waals surface area (Å²) in [5.74, 6) is 0. The molecule has 0 saturated carbocycles. The van der Waals surface area contributed by atoms with E-state index in [2.05, 4.69) is 40.6 Å². The lowest BCUT2D eigenvalue weighted by atomic mass is 10.2. The van der Waals surface area contributed by atoms with E-state index in [4.69, 9.17) is 0 Å². The van der Waals surface area contributed by atoms with Gasteiger partial charge in [-0.05, 0) is 29.9 Å². The maximum atomic E-state index is 4.09. The zero-order valence-electron chi connectivity index (χ0n) is 10.1. The summed E-state index contributed by atoms with van der Waals surface area (Å²) in [4.78, 5) is 1.23. The Balaban J connectivity index is 2.17. The van der Waals surface area contributed by atoms with Crippen LogP contribution < -0.4 is 5.32 Å². The largest absolute Gasteiger partial charge is 0.313 e. The molecule has 1 N–H and O–H groups in total. The maximum Gasteiger partial charge on any atom is 0.195 e. The molecule has 0 aliphatic carbocycles. The number of rotatable bonds is 5. The highest BCUT2D eigenvalue weighted by molar-refractivity contribution is 7.99. The van der Waals surface area contributed by atoms with E-state index in [1.54, 1.807) is 18.1 Å². The van der Waals surface area contributed by atoms with Gasteiger partial charge in [0, 0.05) is 18.5 Å². The fourth-order valence-electron chi connectivity index (χ4n) is 1.47. The molecule has 0 fully saturated rings. The van der Waals surface area contributed by atoms with Gasteiger partial charge in [0.15, 0.2) is 5.16 Å². The molecule has 2 aromatic rings. The van der Waals surface area contributed by atoms with Crippen molar-refractivity contribution in [3.63, 3.8) is 0 Å². The van der Waals surface area contributed by atoms with Crippen LogP contribution in [0.2, 0.25) is 0 Å². The van der Waals surface area contributed by atoms with Crippen molar-refractivity contribution in [2.45, 2.75) is 23.5 Å². The molecule has 2 rings (SSSR count). The summed E-state index contributed by atoms with van der Waals surface area (Å²) in [7, 11) is 1.95. The Kier molecular flexibility index (Phi) is 4.17. The quantitative estimate of drug-likeness (QED) is 0.879. The third-order valence-electron chi connectivity index (χ3n) is 2.41. The van der Waals surface area contributed by atoms with E-state index >= 15 is 0 Å². The average Bonchev–Trinajstić information content (AvgIpc) is 2.74. The molecule has 4 nitrogen and oxygen atoms in total. The van der Waals surface area contributed by atoms with Crippen molar-refractivity contribution in [3.05, 3.63) is 36.2 Å². The molecule has 1 heterocycles. The Hall–Kier alpha value is -1.33. The maximum absolute atomic E-state index is 4.09. The number of hydrogen-bond acceptors (Lipinski definition) is 4. The highest BCUT2D eigenvalue weighted by Gasteiger charge is 2.07. The predicted octanol–water partition coefficient (Wildman–Crippen LogP) is 2.08. The van der Waals surface area contributed by atoms with E-state index in [1.807, 2.05) is 17.7 Å². The molecule has 5 heteroatoms. The number of aromatic nitrogens is 3. The van der Waals surface area contributed by atoms with Crippen molar-refractivity contribution in [1.82, 2.24) is 20.1 Å². The molecule has 17 heavy (non-hydrogen) atoms. The van der Waals surface area contributed by atoms with Crippen LogP contribution in [-0.2, 0) is 13.6 Å². The van der Waals surface area contributed by atoms with Crippen molar-refractivity contribution >= 4 is 11.8 Å². The van der Waals surface area contributed by atoms with E-state index in [-0.39, 0.29) is 0 Å². The molecule has 0 aliphatic rings. The molecular weight excluding hydrogens is 232 g/mol. The lowest BCUT2D eigenvalue weighted by Crippen LogP contribution is -2.12. The van der Waals surface area contributed by atoms with Gasteiger partial charge in [-0.2, -0.15) is 0 Å². The molecule has 1 aromatic carbocycles. The second-order valence-corrected chi connectivity index (χ2v) is 4.72. The number of benzene rings is 1. The Morgan fingerprint density at radius 1 is 1.35 bits per heavy atom. The SMILES string of the molecule is CCNCc1ccccc1Sc1nncn1C. The Morgan fingerprint density at radius 3 is 2.88 bits per heavy atom. The summed E-state index contributed by atoms with van der Waals surface area (Å²) in [5.41, 5.74) is 1.29. The minimum atomic E-state index is 0.886. The fourth-order valence-corrected chi connectivity index (χ4v) is 2.37. The van der Waals surface area contributed by atoms with Crippen LogP contribution in [0.25, 0.3) is 0 Å². The Bertz CT molecular complexity index is 481. The minimum absolute atomic E-state index is 0.886. The molecule has 1 aromatic heterocycles. The Morgan fingerprint density at radius 2 is 2.18 bits per heavy atom. The molecule has 0 atom stereocenters. The fraction of sp³-hybridized carbons (Fsp3) is 0.333. The van der Waals surface area contributed by atoms with Gasteiger partial charge in [0.2, 0.25) is 0 Å². The van der Waals surface area contributed by atoms with Crippen LogP contribution in [0.1, 0.15) is 12.5 Å². The van der Waals surface area contributed by atoms with Gasteiger partial charge in [-0.3, -0.25) is 0 Å². The first-order valence-corrected chi connectivity index (χ1v) is 6.43. The van der Waals surface area contributed by atoms with E-state index in [0.717, 1.165) is 18.2 Å². The van der Waals surface area contributed by atoms with E-state index in [0.29, 0.717) is 0 Å². The van der Waals surface area contributed by atoms with Gasteiger partial charge in [0.05, 0.1) is 0 Å². The monoisotopic (exact) mass is 248 g/mol. The first kappa shape index (κ1) is 12.1. The smallest absolute Gasteiger partial charge is 0.195 e. The summed E-state index contributed by atoms with van der Waals surface area (Å²) >= 11 is 1.65. The average molecular weight is 248 g/mol. The second-order valence-electron chi connectivity index (χ2n) is 3.71. The summed E-state index contributed by atoms with van der Waals surface area (Å²) < 4.78 is 1.93. The van der Waals surface area contributed by atoms with Crippen molar-refractivity contribution in [3.8, 4) is 0 Å². The third-order valence-corrected chi connectivity index (χ3v) is 3.58. The van der Waals surface area contributed by atoms with Crippen LogP contribution in [0, 0.1) is 0 Å². The lowest BCUT2D eigenvalue weighted by molar-refractivity contribution is 0.717. The van der Waals surface area contributed by atoms with E-state index < -0.39 is 0 Å². The molecule has 0 spiro atoms. The number of hydrogen-bond donors (Lipinski definition) is 1. The van der Waals surface area contributed by atoms with Crippen LogP contribution in [0.3, 0.4) is 0 Å².